The number of carbonyl (C=O) groups excluding carboxylic acids is 1. The van der Waals surface area contributed by atoms with Crippen LogP contribution >= 0.6 is 11.8 Å². The van der Waals surface area contributed by atoms with E-state index in [-0.39, 0.29) is 11.9 Å². The molecule has 122 valence electrons. The average molecular weight is 327 g/mol. The summed E-state index contributed by atoms with van der Waals surface area (Å²) in [5.74, 6) is 0.534. The van der Waals surface area contributed by atoms with Crippen LogP contribution in [0, 0.1) is 20.8 Å². The molecule has 1 atom stereocenters. The summed E-state index contributed by atoms with van der Waals surface area (Å²) in [5.41, 5.74) is 4.94. The predicted octanol–water partition coefficient (Wildman–Crippen LogP) is 4.97. The largest absolute Gasteiger partial charge is 0.349 e. The Labute approximate surface area is 143 Å². The van der Waals surface area contributed by atoms with Gasteiger partial charge in [-0.3, -0.25) is 4.79 Å². The van der Waals surface area contributed by atoms with Crippen LogP contribution in [0.2, 0.25) is 0 Å². The number of nitrogens with one attached hydrogen (secondary N) is 1. The molecule has 0 bridgehead atoms. The molecular formula is C20H25NOS. The molecule has 2 aromatic carbocycles. The number of carbonyl (C=O) groups is 1. The van der Waals surface area contributed by atoms with Gasteiger partial charge in [-0.1, -0.05) is 48.4 Å². The summed E-state index contributed by atoms with van der Waals surface area (Å²) in [6.07, 6.45) is 0.894. The van der Waals surface area contributed by atoms with Crippen LogP contribution in [0.4, 0.5) is 0 Å². The van der Waals surface area contributed by atoms with Crippen LogP contribution in [0.5, 0.6) is 0 Å². The fourth-order valence-electron chi connectivity index (χ4n) is 2.64. The number of thioether (sulfide) groups is 1. The Morgan fingerprint density at radius 2 is 1.70 bits per heavy atom. The van der Waals surface area contributed by atoms with Gasteiger partial charge in [-0.05, 0) is 50.5 Å². The van der Waals surface area contributed by atoms with Crippen LogP contribution in [0.3, 0.4) is 0 Å². The monoisotopic (exact) mass is 327 g/mol. The van der Waals surface area contributed by atoms with E-state index in [9.17, 15) is 4.79 Å². The number of hydrogen-bond acceptors (Lipinski definition) is 2. The summed E-state index contributed by atoms with van der Waals surface area (Å²) in [4.78, 5) is 13.4. The molecule has 2 rings (SSSR count). The Hall–Kier alpha value is -1.74. The van der Waals surface area contributed by atoms with E-state index >= 15 is 0 Å². The molecule has 1 N–H and O–H groups in total. The summed E-state index contributed by atoms with van der Waals surface area (Å²) in [5, 5.41) is 3.17. The van der Waals surface area contributed by atoms with E-state index in [0.717, 1.165) is 11.3 Å². The van der Waals surface area contributed by atoms with Crippen molar-refractivity contribution in [3.63, 3.8) is 0 Å². The molecule has 0 fully saturated rings. The van der Waals surface area contributed by atoms with Crippen LogP contribution in [-0.4, -0.2) is 11.7 Å². The second-order valence-electron chi connectivity index (χ2n) is 5.99. The molecule has 0 aromatic heterocycles. The molecule has 0 aliphatic carbocycles. The Morgan fingerprint density at radius 1 is 1.04 bits per heavy atom. The van der Waals surface area contributed by atoms with Crippen molar-refractivity contribution < 1.29 is 4.79 Å². The Bertz CT molecular complexity index is 664. The minimum Gasteiger partial charge on any atom is -0.349 e. The molecule has 23 heavy (non-hydrogen) atoms. The highest BCUT2D eigenvalue weighted by atomic mass is 32.2. The first kappa shape index (κ1) is 17.6. The number of amides is 1. The highest BCUT2D eigenvalue weighted by Crippen LogP contribution is 2.23. The van der Waals surface area contributed by atoms with Crippen molar-refractivity contribution in [2.24, 2.45) is 0 Å². The van der Waals surface area contributed by atoms with Gasteiger partial charge in [-0.25, -0.2) is 0 Å². The van der Waals surface area contributed by atoms with Gasteiger partial charge < -0.3 is 5.32 Å². The van der Waals surface area contributed by atoms with E-state index < -0.39 is 0 Å². The van der Waals surface area contributed by atoms with Crippen molar-refractivity contribution in [2.75, 3.05) is 5.75 Å². The summed E-state index contributed by atoms with van der Waals surface area (Å²) in [6.45, 7) is 8.38. The lowest BCUT2D eigenvalue weighted by Gasteiger charge is -2.20. The second-order valence-corrected chi connectivity index (χ2v) is 7.04. The number of aryl methyl sites for hydroxylation is 3. The van der Waals surface area contributed by atoms with Gasteiger partial charge in [-0.2, -0.15) is 0 Å². The third-order valence-corrected chi connectivity index (χ3v) is 4.95. The van der Waals surface area contributed by atoms with Gasteiger partial charge in [0.05, 0.1) is 11.8 Å². The van der Waals surface area contributed by atoms with Crippen molar-refractivity contribution in [3.05, 3.63) is 64.7 Å². The number of rotatable bonds is 6. The van der Waals surface area contributed by atoms with Crippen molar-refractivity contribution in [1.82, 2.24) is 5.32 Å². The first-order valence-electron chi connectivity index (χ1n) is 8.05. The second kappa shape index (κ2) is 8.21. The molecule has 0 spiro atoms. The molecule has 1 amide bonds. The summed E-state index contributed by atoms with van der Waals surface area (Å²) >= 11 is 1.58. The molecule has 2 aromatic rings. The van der Waals surface area contributed by atoms with Gasteiger partial charge in [0.25, 0.3) is 0 Å². The lowest BCUT2D eigenvalue weighted by atomic mass is 9.97. The quantitative estimate of drug-likeness (QED) is 0.759. The fraction of sp³-hybridized carbons (Fsp3) is 0.350. The molecule has 0 saturated heterocycles. The maximum absolute atomic E-state index is 12.3. The lowest BCUT2D eigenvalue weighted by molar-refractivity contribution is -0.119. The van der Waals surface area contributed by atoms with Crippen LogP contribution < -0.4 is 5.32 Å². The lowest BCUT2D eigenvalue weighted by Crippen LogP contribution is -2.30. The first-order valence-corrected chi connectivity index (χ1v) is 9.04. The number of benzene rings is 2. The van der Waals surface area contributed by atoms with Crippen LogP contribution in [-0.2, 0) is 4.79 Å². The summed E-state index contributed by atoms with van der Waals surface area (Å²) in [6, 6.07) is 14.8. The normalized spacial score (nSPS) is 12.0. The smallest absolute Gasteiger partial charge is 0.230 e. The maximum Gasteiger partial charge on any atom is 0.230 e. The minimum absolute atomic E-state index is 0.0849. The zero-order chi connectivity index (χ0) is 16.8. The molecule has 0 saturated carbocycles. The van der Waals surface area contributed by atoms with Crippen LogP contribution in [0.25, 0.3) is 0 Å². The Balaban J connectivity index is 1.95. The SMILES string of the molecule is CC[C@@H](NC(=O)CSc1ccc(C)cc1)c1ccc(C)cc1C. The van der Waals surface area contributed by atoms with Gasteiger partial charge in [0.15, 0.2) is 0 Å². The standard InChI is InChI=1S/C20H25NOS/c1-5-19(18-11-8-15(3)12-16(18)4)21-20(22)13-23-17-9-6-14(2)7-10-17/h6-12,19H,5,13H2,1-4H3,(H,21,22)/t19-/m1/s1. The average Bonchev–Trinajstić information content (AvgIpc) is 2.52. The van der Waals surface area contributed by atoms with Crippen molar-refractivity contribution in [2.45, 2.75) is 45.1 Å². The van der Waals surface area contributed by atoms with Gasteiger partial charge in [0, 0.05) is 4.90 Å². The van der Waals surface area contributed by atoms with Crippen molar-refractivity contribution >= 4 is 17.7 Å². The first-order chi connectivity index (χ1) is 11.0. The van der Waals surface area contributed by atoms with Crippen molar-refractivity contribution in [1.29, 1.82) is 0 Å². The summed E-state index contributed by atoms with van der Waals surface area (Å²) < 4.78 is 0. The van der Waals surface area contributed by atoms with E-state index in [4.69, 9.17) is 0 Å². The molecule has 0 heterocycles. The predicted molar refractivity (Wildman–Crippen MR) is 99.0 cm³/mol. The van der Waals surface area contributed by atoms with E-state index in [0.29, 0.717) is 5.75 Å². The van der Waals surface area contributed by atoms with E-state index in [1.54, 1.807) is 11.8 Å². The fourth-order valence-corrected chi connectivity index (χ4v) is 3.35. The third kappa shape index (κ3) is 5.14. The molecule has 0 aliphatic heterocycles. The Kier molecular flexibility index (Phi) is 6.28. The minimum atomic E-state index is 0.0849. The Morgan fingerprint density at radius 3 is 2.30 bits per heavy atom. The van der Waals surface area contributed by atoms with Gasteiger partial charge in [0.1, 0.15) is 0 Å². The number of hydrogen-bond donors (Lipinski definition) is 1. The van der Waals surface area contributed by atoms with Gasteiger partial charge in [-0.15, -0.1) is 11.8 Å². The van der Waals surface area contributed by atoms with E-state index in [1.807, 2.05) is 0 Å². The molecule has 0 unspecified atom stereocenters. The highest BCUT2D eigenvalue weighted by molar-refractivity contribution is 8.00. The molecule has 3 heteroatoms. The van der Waals surface area contributed by atoms with Crippen LogP contribution in [0.15, 0.2) is 47.4 Å². The molecular weight excluding hydrogens is 302 g/mol. The van der Waals surface area contributed by atoms with E-state index in [2.05, 4.69) is 75.5 Å². The van der Waals surface area contributed by atoms with E-state index in [1.165, 1.54) is 22.3 Å². The zero-order valence-electron chi connectivity index (χ0n) is 14.3. The topological polar surface area (TPSA) is 29.1 Å². The molecule has 0 aliphatic rings. The zero-order valence-corrected chi connectivity index (χ0v) is 15.2. The highest BCUT2D eigenvalue weighted by Gasteiger charge is 2.14. The van der Waals surface area contributed by atoms with Crippen LogP contribution in [0.1, 0.15) is 41.6 Å². The summed E-state index contributed by atoms with van der Waals surface area (Å²) in [7, 11) is 0. The van der Waals surface area contributed by atoms with Gasteiger partial charge in [0.2, 0.25) is 5.91 Å². The molecule has 2 nitrogen and oxygen atoms in total. The maximum atomic E-state index is 12.3. The third-order valence-electron chi connectivity index (χ3n) is 3.94. The van der Waals surface area contributed by atoms with Crippen molar-refractivity contribution in [3.8, 4) is 0 Å². The molecule has 0 radical (unpaired) electrons. The van der Waals surface area contributed by atoms with Gasteiger partial charge >= 0.3 is 0 Å².